The summed E-state index contributed by atoms with van der Waals surface area (Å²) in [5, 5.41) is 2.84. The smallest absolute Gasteiger partial charge is 0.411 e. The number of nitrogens with one attached hydrogen (secondary N) is 1. The van der Waals surface area contributed by atoms with Gasteiger partial charge in [0.1, 0.15) is 6.61 Å². The molecule has 0 aliphatic carbocycles. The normalized spacial score (nSPS) is 15.9. The van der Waals surface area contributed by atoms with Gasteiger partial charge in [0.05, 0.1) is 26.7 Å². The molecular weight excluding hydrogens is 465 g/mol. The number of halogens is 3. The average molecular weight is 495 g/mol. The van der Waals surface area contributed by atoms with Crippen LogP contribution >= 0.6 is 0 Å². The second-order valence-corrected chi connectivity index (χ2v) is 8.32. The van der Waals surface area contributed by atoms with Crippen molar-refractivity contribution >= 4 is 11.8 Å². The molecule has 1 aliphatic heterocycles. The van der Waals surface area contributed by atoms with Crippen LogP contribution in [0.3, 0.4) is 0 Å². The molecule has 35 heavy (non-hydrogen) atoms. The van der Waals surface area contributed by atoms with Crippen molar-refractivity contribution in [3.8, 4) is 11.5 Å². The zero-order valence-electron chi connectivity index (χ0n) is 19.7. The molecule has 190 valence electrons. The van der Waals surface area contributed by atoms with Crippen LogP contribution in [-0.4, -0.2) is 56.8 Å². The Balaban J connectivity index is 1.43. The number of amides is 2. The number of nitrogens with zero attached hydrogens (tertiary/aromatic N) is 1. The topological polar surface area (TPSA) is 77.1 Å². The lowest BCUT2D eigenvalue weighted by Crippen LogP contribution is -2.33. The van der Waals surface area contributed by atoms with Gasteiger partial charge >= 0.3 is 6.18 Å². The summed E-state index contributed by atoms with van der Waals surface area (Å²) in [5.74, 6) is 0.563. The van der Waals surface area contributed by atoms with Crippen LogP contribution in [0.25, 0.3) is 0 Å². The van der Waals surface area contributed by atoms with Crippen LogP contribution in [-0.2, 0) is 33.9 Å². The summed E-state index contributed by atoms with van der Waals surface area (Å²) in [7, 11) is 3.13. The van der Waals surface area contributed by atoms with Gasteiger partial charge in [0.2, 0.25) is 11.8 Å². The number of hydrogen-bond acceptors (Lipinski definition) is 5. The second-order valence-electron chi connectivity index (χ2n) is 8.32. The van der Waals surface area contributed by atoms with Crippen LogP contribution in [0.5, 0.6) is 11.5 Å². The molecule has 10 heteroatoms. The van der Waals surface area contributed by atoms with Crippen molar-refractivity contribution in [3.63, 3.8) is 0 Å². The van der Waals surface area contributed by atoms with Gasteiger partial charge in [0, 0.05) is 26.1 Å². The third kappa shape index (κ3) is 7.88. The van der Waals surface area contributed by atoms with Crippen LogP contribution in [0.15, 0.2) is 42.5 Å². The van der Waals surface area contributed by atoms with Crippen LogP contribution in [0, 0.1) is 5.92 Å². The van der Waals surface area contributed by atoms with Crippen molar-refractivity contribution in [2.24, 2.45) is 5.92 Å². The third-order valence-corrected chi connectivity index (χ3v) is 5.73. The van der Waals surface area contributed by atoms with Gasteiger partial charge in [-0.05, 0) is 35.2 Å². The highest BCUT2D eigenvalue weighted by molar-refractivity contribution is 5.89. The molecule has 0 spiro atoms. The monoisotopic (exact) mass is 494 g/mol. The molecule has 0 aromatic heterocycles. The van der Waals surface area contributed by atoms with Gasteiger partial charge in [-0.1, -0.05) is 30.3 Å². The molecule has 0 radical (unpaired) electrons. The predicted octanol–water partition coefficient (Wildman–Crippen LogP) is 3.49. The molecule has 1 unspecified atom stereocenters. The Hall–Kier alpha value is -3.27. The van der Waals surface area contributed by atoms with Crippen molar-refractivity contribution in [1.29, 1.82) is 0 Å². The standard InChI is InChI=1S/C25H29F3N2O5/c1-33-21-8-7-17(11-22(21)34-2)9-10-30-14-20(12-23(30)31)24(32)29-13-18-3-5-19(6-4-18)15-35-16-25(26,27)28/h3-8,11,20H,9-10,12-16H2,1-2H3,(H,29,32). The summed E-state index contributed by atoms with van der Waals surface area (Å²) in [6.07, 6.45) is -3.57. The molecule has 3 rings (SSSR count). The summed E-state index contributed by atoms with van der Waals surface area (Å²) >= 11 is 0. The third-order valence-electron chi connectivity index (χ3n) is 5.73. The van der Waals surface area contributed by atoms with E-state index in [1.54, 1.807) is 43.4 Å². The first-order valence-electron chi connectivity index (χ1n) is 11.2. The SMILES string of the molecule is COc1ccc(CCN2CC(C(=O)NCc3ccc(COCC(F)(F)F)cc3)CC2=O)cc1OC. The van der Waals surface area contributed by atoms with Crippen molar-refractivity contribution in [2.75, 3.05) is 33.9 Å². The molecule has 0 saturated carbocycles. The van der Waals surface area contributed by atoms with Crippen molar-refractivity contribution < 1.29 is 37.0 Å². The van der Waals surface area contributed by atoms with Gasteiger partial charge in [-0.2, -0.15) is 13.2 Å². The molecule has 1 heterocycles. The summed E-state index contributed by atoms with van der Waals surface area (Å²) in [4.78, 5) is 26.7. The minimum atomic E-state index is -4.36. The van der Waals surface area contributed by atoms with Crippen LogP contribution in [0.2, 0.25) is 0 Å². The van der Waals surface area contributed by atoms with Gasteiger partial charge in [-0.15, -0.1) is 0 Å². The first-order valence-corrected chi connectivity index (χ1v) is 11.2. The van der Waals surface area contributed by atoms with E-state index in [2.05, 4.69) is 10.1 Å². The average Bonchev–Trinajstić information content (AvgIpc) is 3.21. The fourth-order valence-electron chi connectivity index (χ4n) is 3.84. The minimum Gasteiger partial charge on any atom is -0.493 e. The van der Waals surface area contributed by atoms with Gasteiger partial charge in [0.25, 0.3) is 0 Å². The molecule has 2 aromatic carbocycles. The number of likely N-dealkylation sites (tertiary alicyclic amines) is 1. The quantitative estimate of drug-likeness (QED) is 0.518. The van der Waals surface area contributed by atoms with E-state index in [1.807, 2.05) is 18.2 Å². The molecule has 2 aromatic rings. The van der Waals surface area contributed by atoms with E-state index in [0.29, 0.717) is 36.6 Å². The highest BCUT2D eigenvalue weighted by Gasteiger charge is 2.34. The molecule has 2 amide bonds. The van der Waals surface area contributed by atoms with E-state index in [4.69, 9.17) is 9.47 Å². The fourth-order valence-corrected chi connectivity index (χ4v) is 3.84. The number of hydrogen-bond donors (Lipinski definition) is 1. The summed E-state index contributed by atoms with van der Waals surface area (Å²) < 4.78 is 51.6. The Morgan fingerprint density at radius 3 is 2.34 bits per heavy atom. The van der Waals surface area contributed by atoms with Crippen molar-refractivity contribution in [2.45, 2.75) is 32.2 Å². The molecule has 1 saturated heterocycles. The number of carbonyl (C=O) groups is 2. The Bertz CT molecular complexity index is 1010. The number of ether oxygens (including phenoxy) is 3. The van der Waals surface area contributed by atoms with E-state index in [-0.39, 0.29) is 31.4 Å². The Morgan fingerprint density at radius 1 is 1.03 bits per heavy atom. The summed E-state index contributed by atoms with van der Waals surface area (Å²) in [5.41, 5.74) is 2.40. The van der Waals surface area contributed by atoms with Gasteiger partial charge in [0.15, 0.2) is 11.5 Å². The maximum absolute atomic E-state index is 12.6. The van der Waals surface area contributed by atoms with E-state index in [9.17, 15) is 22.8 Å². The predicted molar refractivity (Wildman–Crippen MR) is 122 cm³/mol. The number of methoxy groups -OCH3 is 2. The molecule has 1 N–H and O–H groups in total. The van der Waals surface area contributed by atoms with E-state index >= 15 is 0 Å². The van der Waals surface area contributed by atoms with Crippen molar-refractivity contribution in [3.05, 3.63) is 59.2 Å². The lowest BCUT2D eigenvalue weighted by molar-refractivity contribution is -0.176. The maximum Gasteiger partial charge on any atom is 0.411 e. The highest BCUT2D eigenvalue weighted by Crippen LogP contribution is 2.28. The van der Waals surface area contributed by atoms with Crippen LogP contribution in [0.4, 0.5) is 13.2 Å². The first kappa shape index (κ1) is 26.3. The zero-order valence-corrected chi connectivity index (χ0v) is 19.7. The molecule has 0 bridgehead atoms. The highest BCUT2D eigenvalue weighted by atomic mass is 19.4. The van der Waals surface area contributed by atoms with E-state index in [1.165, 1.54) is 0 Å². The zero-order chi connectivity index (χ0) is 25.4. The minimum absolute atomic E-state index is 0.0613. The lowest BCUT2D eigenvalue weighted by atomic mass is 10.1. The lowest BCUT2D eigenvalue weighted by Gasteiger charge is -2.17. The van der Waals surface area contributed by atoms with Crippen LogP contribution < -0.4 is 14.8 Å². The summed E-state index contributed by atoms with van der Waals surface area (Å²) in [6, 6.07) is 12.4. The van der Waals surface area contributed by atoms with Gasteiger partial charge in [-0.25, -0.2) is 0 Å². The second kappa shape index (κ2) is 11.9. The number of alkyl halides is 3. The molecule has 1 atom stereocenters. The Morgan fingerprint density at radius 2 is 1.69 bits per heavy atom. The fraction of sp³-hybridized carbons (Fsp3) is 0.440. The van der Waals surface area contributed by atoms with E-state index in [0.717, 1.165) is 11.1 Å². The van der Waals surface area contributed by atoms with Crippen LogP contribution in [0.1, 0.15) is 23.1 Å². The number of benzene rings is 2. The van der Waals surface area contributed by atoms with Gasteiger partial charge in [-0.3, -0.25) is 9.59 Å². The van der Waals surface area contributed by atoms with Crippen molar-refractivity contribution in [1.82, 2.24) is 10.2 Å². The largest absolute Gasteiger partial charge is 0.493 e. The summed E-state index contributed by atoms with van der Waals surface area (Å²) in [6.45, 7) is -0.325. The maximum atomic E-state index is 12.6. The molecule has 7 nitrogen and oxygen atoms in total. The molecule has 1 aliphatic rings. The molecular formula is C25H29F3N2O5. The van der Waals surface area contributed by atoms with E-state index < -0.39 is 18.7 Å². The Kier molecular flexibility index (Phi) is 8.97. The number of rotatable bonds is 11. The number of carbonyl (C=O) groups excluding carboxylic acids is 2. The first-order chi connectivity index (χ1) is 16.7. The Labute approximate surface area is 202 Å². The molecule has 1 fully saturated rings. The van der Waals surface area contributed by atoms with Gasteiger partial charge < -0.3 is 24.4 Å².